The number of methoxy groups -OCH3 is 1. The first-order valence-corrected chi connectivity index (χ1v) is 6.29. The number of amides is 2. The van der Waals surface area contributed by atoms with Gasteiger partial charge in [0.25, 0.3) is 0 Å². The molecule has 1 aromatic rings. The molecule has 0 aliphatic rings. The van der Waals surface area contributed by atoms with E-state index in [1.807, 2.05) is 13.0 Å². The molecule has 110 valence electrons. The minimum absolute atomic E-state index is 0.278. The summed E-state index contributed by atoms with van der Waals surface area (Å²) in [6, 6.07) is 4.76. The second-order valence-corrected chi connectivity index (χ2v) is 4.77. The average Bonchev–Trinajstić information content (AvgIpc) is 2.38. The summed E-state index contributed by atoms with van der Waals surface area (Å²) in [6.45, 7) is 5.04. The Morgan fingerprint density at radius 1 is 1.40 bits per heavy atom. The molecule has 0 radical (unpaired) electrons. The molecule has 1 rings (SSSR count). The summed E-state index contributed by atoms with van der Waals surface area (Å²) in [5, 5.41) is 14.2. The number of carboxylic acids is 1. The van der Waals surface area contributed by atoms with Gasteiger partial charge in [-0.25, -0.2) is 9.59 Å². The summed E-state index contributed by atoms with van der Waals surface area (Å²) < 4.78 is 5.15. The fourth-order valence-corrected chi connectivity index (χ4v) is 1.62. The first kappa shape index (κ1) is 15.8. The molecule has 0 aromatic heterocycles. The Hall–Kier alpha value is -2.24. The van der Waals surface area contributed by atoms with Crippen LogP contribution in [-0.2, 0) is 4.79 Å². The Labute approximate surface area is 118 Å². The Kier molecular flexibility index (Phi) is 4.96. The lowest BCUT2D eigenvalue weighted by Crippen LogP contribution is -2.53. The van der Waals surface area contributed by atoms with Gasteiger partial charge < -0.3 is 20.5 Å². The van der Waals surface area contributed by atoms with Gasteiger partial charge >= 0.3 is 12.0 Å². The van der Waals surface area contributed by atoms with E-state index in [-0.39, 0.29) is 6.42 Å². The van der Waals surface area contributed by atoms with Gasteiger partial charge in [-0.05, 0) is 38.0 Å². The second kappa shape index (κ2) is 6.27. The molecule has 1 unspecified atom stereocenters. The Morgan fingerprint density at radius 2 is 2.05 bits per heavy atom. The Bertz CT molecular complexity index is 516. The third-order valence-electron chi connectivity index (χ3n) is 3.17. The second-order valence-electron chi connectivity index (χ2n) is 4.77. The van der Waals surface area contributed by atoms with Crippen LogP contribution in [-0.4, -0.2) is 29.8 Å². The monoisotopic (exact) mass is 280 g/mol. The maximum Gasteiger partial charge on any atom is 0.329 e. The largest absolute Gasteiger partial charge is 0.495 e. The van der Waals surface area contributed by atoms with Crippen molar-refractivity contribution in [2.45, 2.75) is 32.7 Å². The number of benzene rings is 1. The fourth-order valence-electron chi connectivity index (χ4n) is 1.62. The SMILES string of the molecule is CCC(C)(NC(=O)Nc1cc(C)ccc1OC)C(=O)O. The van der Waals surface area contributed by atoms with Gasteiger partial charge in [-0.2, -0.15) is 0 Å². The number of urea groups is 1. The highest BCUT2D eigenvalue weighted by Gasteiger charge is 2.32. The molecule has 20 heavy (non-hydrogen) atoms. The molecule has 2 amide bonds. The van der Waals surface area contributed by atoms with Gasteiger partial charge in [-0.15, -0.1) is 0 Å². The van der Waals surface area contributed by atoms with Gasteiger partial charge in [-0.1, -0.05) is 13.0 Å². The molecule has 1 atom stereocenters. The molecular formula is C14H20N2O4. The molecule has 0 bridgehead atoms. The smallest absolute Gasteiger partial charge is 0.329 e. The zero-order valence-electron chi connectivity index (χ0n) is 12.1. The molecule has 0 spiro atoms. The molecule has 0 aliphatic carbocycles. The van der Waals surface area contributed by atoms with Crippen molar-refractivity contribution in [3.8, 4) is 5.75 Å². The molecule has 0 fully saturated rings. The van der Waals surface area contributed by atoms with E-state index in [9.17, 15) is 9.59 Å². The summed E-state index contributed by atoms with van der Waals surface area (Å²) >= 11 is 0. The molecule has 6 nitrogen and oxygen atoms in total. The number of nitrogens with one attached hydrogen (secondary N) is 2. The fraction of sp³-hybridized carbons (Fsp3) is 0.429. The predicted molar refractivity (Wildman–Crippen MR) is 76.2 cm³/mol. The number of hydrogen-bond donors (Lipinski definition) is 3. The van der Waals surface area contributed by atoms with Crippen LogP contribution in [0.5, 0.6) is 5.75 Å². The van der Waals surface area contributed by atoms with Crippen LogP contribution in [0, 0.1) is 6.92 Å². The maximum absolute atomic E-state index is 11.9. The van der Waals surface area contributed by atoms with Crippen LogP contribution in [0.15, 0.2) is 18.2 Å². The minimum Gasteiger partial charge on any atom is -0.495 e. The van der Waals surface area contributed by atoms with Gasteiger partial charge in [0.15, 0.2) is 0 Å². The number of carboxylic acid groups (broad SMARTS) is 1. The van der Waals surface area contributed by atoms with E-state index in [4.69, 9.17) is 9.84 Å². The summed E-state index contributed by atoms with van der Waals surface area (Å²) in [7, 11) is 1.50. The number of hydrogen-bond acceptors (Lipinski definition) is 3. The summed E-state index contributed by atoms with van der Waals surface area (Å²) in [5.74, 6) is -0.564. The van der Waals surface area contributed by atoms with E-state index in [1.54, 1.807) is 19.1 Å². The maximum atomic E-state index is 11.9. The lowest BCUT2D eigenvalue weighted by Gasteiger charge is -2.25. The molecule has 0 aliphatic heterocycles. The van der Waals surface area contributed by atoms with E-state index in [2.05, 4.69) is 10.6 Å². The topological polar surface area (TPSA) is 87.7 Å². The van der Waals surface area contributed by atoms with Gasteiger partial charge in [0.1, 0.15) is 11.3 Å². The molecule has 0 saturated carbocycles. The van der Waals surface area contributed by atoms with Crippen LogP contribution >= 0.6 is 0 Å². The standard InChI is InChI=1S/C14H20N2O4/c1-5-14(3,12(17)18)16-13(19)15-10-8-9(2)6-7-11(10)20-4/h6-8H,5H2,1-4H3,(H,17,18)(H2,15,16,19). The van der Waals surface area contributed by atoms with Crippen molar-refractivity contribution in [3.63, 3.8) is 0 Å². The summed E-state index contributed by atoms with van der Waals surface area (Å²) in [6.07, 6.45) is 0.278. The van der Waals surface area contributed by atoms with Crippen molar-refractivity contribution in [1.82, 2.24) is 5.32 Å². The van der Waals surface area contributed by atoms with Crippen molar-refractivity contribution in [2.24, 2.45) is 0 Å². The summed E-state index contributed by atoms with van der Waals surface area (Å²) in [5.41, 5.74) is 0.146. The molecule has 6 heteroatoms. The number of rotatable bonds is 5. The van der Waals surface area contributed by atoms with Crippen LogP contribution in [0.1, 0.15) is 25.8 Å². The highest BCUT2D eigenvalue weighted by atomic mass is 16.5. The van der Waals surface area contributed by atoms with E-state index in [0.717, 1.165) is 5.56 Å². The third-order valence-corrected chi connectivity index (χ3v) is 3.17. The number of ether oxygens (including phenoxy) is 1. The normalized spacial score (nSPS) is 13.2. The average molecular weight is 280 g/mol. The molecule has 0 saturated heterocycles. The number of carbonyl (C=O) groups excluding carboxylic acids is 1. The van der Waals surface area contributed by atoms with Crippen molar-refractivity contribution in [2.75, 3.05) is 12.4 Å². The lowest BCUT2D eigenvalue weighted by atomic mass is 10.00. The van der Waals surface area contributed by atoms with Crippen molar-refractivity contribution < 1.29 is 19.4 Å². The number of anilines is 1. The van der Waals surface area contributed by atoms with Gasteiger partial charge in [0, 0.05) is 0 Å². The molecule has 1 aromatic carbocycles. The van der Waals surface area contributed by atoms with Crippen LogP contribution in [0.2, 0.25) is 0 Å². The van der Waals surface area contributed by atoms with E-state index in [0.29, 0.717) is 11.4 Å². The van der Waals surface area contributed by atoms with Gasteiger partial charge in [0.05, 0.1) is 12.8 Å². The lowest BCUT2D eigenvalue weighted by molar-refractivity contribution is -0.143. The van der Waals surface area contributed by atoms with E-state index >= 15 is 0 Å². The third kappa shape index (κ3) is 3.63. The molecular weight excluding hydrogens is 260 g/mol. The van der Waals surface area contributed by atoms with Gasteiger partial charge in [-0.3, -0.25) is 0 Å². The zero-order valence-corrected chi connectivity index (χ0v) is 12.1. The van der Waals surface area contributed by atoms with Crippen molar-refractivity contribution in [3.05, 3.63) is 23.8 Å². The number of carbonyl (C=O) groups is 2. The van der Waals surface area contributed by atoms with Crippen molar-refractivity contribution >= 4 is 17.7 Å². The Balaban J connectivity index is 2.86. The van der Waals surface area contributed by atoms with Crippen LogP contribution < -0.4 is 15.4 Å². The predicted octanol–water partition coefficient (Wildman–Crippen LogP) is 2.38. The summed E-state index contributed by atoms with van der Waals surface area (Å²) in [4.78, 5) is 23.1. The first-order chi connectivity index (χ1) is 9.32. The molecule has 0 heterocycles. The first-order valence-electron chi connectivity index (χ1n) is 6.29. The van der Waals surface area contributed by atoms with Gasteiger partial charge in [0.2, 0.25) is 0 Å². The highest BCUT2D eigenvalue weighted by molar-refractivity contribution is 5.94. The number of aliphatic carboxylic acids is 1. The number of aryl methyl sites for hydroxylation is 1. The van der Waals surface area contributed by atoms with Crippen LogP contribution in [0.25, 0.3) is 0 Å². The highest BCUT2D eigenvalue weighted by Crippen LogP contribution is 2.25. The van der Waals surface area contributed by atoms with E-state index < -0.39 is 17.5 Å². The van der Waals surface area contributed by atoms with Crippen molar-refractivity contribution in [1.29, 1.82) is 0 Å². The van der Waals surface area contributed by atoms with Crippen LogP contribution in [0.4, 0.5) is 10.5 Å². The van der Waals surface area contributed by atoms with Crippen LogP contribution in [0.3, 0.4) is 0 Å². The van der Waals surface area contributed by atoms with E-state index in [1.165, 1.54) is 14.0 Å². The molecule has 3 N–H and O–H groups in total. The Morgan fingerprint density at radius 3 is 2.55 bits per heavy atom. The minimum atomic E-state index is -1.30. The zero-order chi connectivity index (χ0) is 15.3. The quantitative estimate of drug-likeness (QED) is 0.772.